The normalized spacial score (nSPS) is 21.4. The third kappa shape index (κ3) is 3.51. The molecule has 0 amide bonds. The Bertz CT molecular complexity index is 775. The second kappa shape index (κ2) is 7.19. The van der Waals surface area contributed by atoms with Crippen LogP contribution in [0.2, 0.25) is 0 Å². The molecule has 0 radical (unpaired) electrons. The number of rotatable bonds is 3. The predicted molar refractivity (Wildman–Crippen MR) is 98.7 cm³/mol. The molecule has 2 aliphatic rings. The molecule has 4 rings (SSSR count). The second-order valence-electron chi connectivity index (χ2n) is 7.23. The summed E-state index contributed by atoms with van der Waals surface area (Å²) < 4.78 is 11.2. The third-order valence-corrected chi connectivity index (χ3v) is 5.26. The summed E-state index contributed by atoms with van der Waals surface area (Å²) in [5.74, 6) is 2.68. The van der Waals surface area contributed by atoms with Crippen molar-refractivity contribution in [2.75, 3.05) is 26.3 Å². The lowest BCUT2D eigenvalue weighted by Crippen LogP contribution is -2.37. The number of aryl methyl sites for hydroxylation is 2. The molecule has 0 N–H and O–H groups in total. The topological polar surface area (TPSA) is 60.4 Å². The third-order valence-electron chi connectivity index (χ3n) is 5.26. The van der Waals surface area contributed by atoms with Crippen LogP contribution in [0.25, 0.3) is 0 Å². The fourth-order valence-electron chi connectivity index (χ4n) is 3.92. The minimum absolute atomic E-state index is 0.234. The molecule has 2 aliphatic heterocycles. The molecule has 2 aromatic rings. The standard InChI is InChI=1S/C20H26N4O2/c1-13-11-18(22-15(3)21-13)16-5-4-8-24(12-16)14(2)17-6-7-19-20(23-17)26-10-9-25-19/h6-7,11,14,16H,4-5,8-10,12H2,1-3H3. The first kappa shape index (κ1) is 17.2. The van der Waals surface area contributed by atoms with E-state index >= 15 is 0 Å². The van der Waals surface area contributed by atoms with E-state index in [1.807, 2.05) is 19.9 Å². The van der Waals surface area contributed by atoms with Crippen molar-refractivity contribution in [3.63, 3.8) is 0 Å². The Morgan fingerprint density at radius 2 is 1.96 bits per heavy atom. The van der Waals surface area contributed by atoms with Gasteiger partial charge in [-0.2, -0.15) is 0 Å². The highest BCUT2D eigenvalue weighted by Gasteiger charge is 2.28. The van der Waals surface area contributed by atoms with Crippen molar-refractivity contribution in [3.8, 4) is 11.6 Å². The first-order chi connectivity index (χ1) is 12.6. The van der Waals surface area contributed by atoms with Crippen molar-refractivity contribution < 1.29 is 9.47 Å². The molecular weight excluding hydrogens is 328 g/mol. The Balaban J connectivity index is 1.52. The molecule has 0 saturated carbocycles. The van der Waals surface area contributed by atoms with Crippen molar-refractivity contribution >= 4 is 0 Å². The molecule has 4 heterocycles. The highest BCUT2D eigenvalue weighted by atomic mass is 16.6. The van der Waals surface area contributed by atoms with E-state index in [4.69, 9.17) is 19.4 Å². The zero-order chi connectivity index (χ0) is 18.1. The maximum absolute atomic E-state index is 5.65. The lowest BCUT2D eigenvalue weighted by molar-refractivity contribution is 0.147. The molecular formula is C20H26N4O2. The fourth-order valence-corrected chi connectivity index (χ4v) is 3.92. The smallest absolute Gasteiger partial charge is 0.257 e. The van der Waals surface area contributed by atoms with Gasteiger partial charge in [0.2, 0.25) is 0 Å². The van der Waals surface area contributed by atoms with E-state index in [-0.39, 0.29) is 6.04 Å². The van der Waals surface area contributed by atoms with Gasteiger partial charge < -0.3 is 9.47 Å². The second-order valence-corrected chi connectivity index (χ2v) is 7.23. The van der Waals surface area contributed by atoms with E-state index in [1.165, 1.54) is 18.5 Å². The number of piperidine rings is 1. The maximum atomic E-state index is 5.65. The number of aromatic nitrogens is 3. The Morgan fingerprint density at radius 1 is 1.12 bits per heavy atom. The highest BCUT2D eigenvalue weighted by Crippen LogP contribution is 2.34. The van der Waals surface area contributed by atoms with E-state index in [9.17, 15) is 0 Å². The largest absolute Gasteiger partial charge is 0.484 e. The van der Waals surface area contributed by atoms with Gasteiger partial charge in [0.15, 0.2) is 5.75 Å². The van der Waals surface area contributed by atoms with Gasteiger partial charge >= 0.3 is 0 Å². The van der Waals surface area contributed by atoms with Crippen LogP contribution in [-0.4, -0.2) is 46.2 Å². The zero-order valence-corrected chi connectivity index (χ0v) is 15.7. The van der Waals surface area contributed by atoms with Gasteiger partial charge in [0, 0.05) is 29.9 Å². The quantitative estimate of drug-likeness (QED) is 0.844. The van der Waals surface area contributed by atoms with Crippen LogP contribution < -0.4 is 9.47 Å². The minimum Gasteiger partial charge on any atom is -0.484 e. The van der Waals surface area contributed by atoms with Gasteiger partial charge in [-0.25, -0.2) is 15.0 Å². The van der Waals surface area contributed by atoms with E-state index in [1.54, 1.807) is 0 Å². The van der Waals surface area contributed by atoms with Gasteiger partial charge in [-0.1, -0.05) is 0 Å². The van der Waals surface area contributed by atoms with Gasteiger partial charge in [-0.15, -0.1) is 0 Å². The SMILES string of the molecule is Cc1cc(C2CCCN(C(C)c3ccc4c(n3)OCCO4)C2)nc(C)n1. The van der Waals surface area contributed by atoms with Crippen molar-refractivity contribution in [2.24, 2.45) is 0 Å². The summed E-state index contributed by atoms with van der Waals surface area (Å²) in [6, 6.07) is 6.40. The van der Waals surface area contributed by atoms with Gasteiger partial charge in [-0.3, -0.25) is 4.90 Å². The number of hydrogen-bond donors (Lipinski definition) is 0. The number of likely N-dealkylation sites (tertiary alicyclic amines) is 1. The first-order valence-corrected chi connectivity index (χ1v) is 9.43. The Morgan fingerprint density at radius 3 is 2.81 bits per heavy atom. The number of fused-ring (bicyclic) bond motifs is 1. The van der Waals surface area contributed by atoms with E-state index in [2.05, 4.69) is 28.9 Å². The van der Waals surface area contributed by atoms with Gasteiger partial charge in [0.1, 0.15) is 19.0 Å². The Hall–Kier alpha value is -2.21. The summed E-state index contributed by atoms with van der Waals surface area (Å²) in [7, 11) is 0. The van der Waals surface area contributed by atoms with Crippen LogP contribution in [0.5, 0.6) is 11.6 Å². The zero-order valence-electron chi connectivity index (χ0n) is 15.7. The van der Waals surface area contributed by atoms with Crippen LogP contribution in [-0.2, 0) is 0 Å². The molecule has 1 fully saturated rings. The summed E-state index contributed by atoms with van der Waals surface area (Å²) in [5, 5.41) is 0. The van der Waals surface area contributed by atoms with Crippen LogP contribution in [0, 0.1) is 13.8 Å². The number of ether oxygens (including phenoxy) is 2. The van der Waals surface area contributed by atoms with E-state index < -0.39 is 0 Å². The molecule has 6 nitrogen and oxygen atoms in total. The number of nitrogens with zero attached hydrogens (tertiary/aromatic N) is 4. The van der Waals surface area contributed by atoms with Crippen LogP contribution in [0.4, 0.5) is 0 Å². The molecule has 0 aliphatic carbocycles. The van der Waals surface area contributed by atoms with Crippen molar-refractivity contribution in [3.05, 3.63) is 41.1 Å². The number of hydrogen-bond acceptors (Lipinski definition) is 6. The maximum Gasteiger partial charge on any atom is 0.257 e. The van der Waals surface area contributed by atoms with Crippen molar-refractivity contribution in [1.29, 1.82) is 0 Å². The minimum atomic E-state index is 0.234. The average molecular weight is 354 g/mol. The van der Waals surface area contributed by atoms with Gasteiger partial charge in [0.25, 0.3) is 5.88 Å². The van der Waals surface area contributed by atoms with Crippen molar-refractivity contribution in [1.82, 2.24) is 19.9 Å². The first-order valence-electron chi connectivity index (χ1n) is 9.43. The van der Waals surface area contributed by atoms with E-state index in [0.29, 0.717) is 25.0 Å². The summed E-state index contributed by atoms with van der Waals surface area (Å²) in [6.45, 7) is 9.46. The Kier molecular flexibility index (Phi) is 4.76. The molecule has 0 spiro atoms. The van der Waals surface area contributed by atoms with Gasteiger partial charge in [-0.05, 0) is 58.4 Å². The molecule has 26 heavy (non-hydrogen) atoms. The molecule has 138 valence electrons. The molecule has 0 aromatic carbocycles. The summed E-state index contributed by atoms with van der Waals surface area (Å²) in [4.78, 5) is 16.3. The molecule has 1 saturated heterocycles. The number of pyridine rings is 1. The lowest BCUT2D eigenvalue weighted by Gasteiger charge is -2.36. The monoisotopic (exact) mass is 354 g/mol. The summed E-state index contributed by atoms with van der Waals surface area (Å²) in [5.41, 5.74) is 3.25. The van der Waals surface area contributed by atoms with Gasteiger partial charge in [0.05, 0.1) is 5.69 Å². The summed E-state index contributed by atoms with van der Waals surface area (Å²) >= 11 is 0. The van der Waals surface area contributed by atoms with E-state index in [0.717, 1.165) is 36.1 Å². The van der Waals surface area contributed by atoms with Crippen LogP contribution in [0.3, 0.4) is 0 Å². The highest BCUT2D eigenvalue weighted by molar-refractivity contribution is 5.36. The molecule has 2 unspecified atom stereocenters. The lowest BCUT2D eigenvalue weighted by atomic mass is 9.92. The molecule has 0 bridgehead atoms. The summed E-state index contributed by atoms with van der Waals surface area (Å²) in [6.07, 6.45) is 2.34. The van der Waals surface area contributed by atoms with Crippen LogP contribution in [0.15, 0.2) is 18.2 Å². The Labute approximate surface area is 154 Å². The molecule has 2 atom stereocenters. The average Bonchev–Trinajstić information content (AvgIpc) is 2.66. The fraction of sp³-hybridized carbons (Fsp3) is 0.550. The molecule has 6 heteroatoms. The predicted octanol–water partition coefficient (Wildman–Crippen LogP) is 3.20. The molecule has 2 aromatic heterocycles. The van der Waals surface area contributed by atoms with Crippen LogP contribution in [0.1, 0.15) is 54.6 Å². The van der Waals surface area contributed by atoms with Crippen LogP contribution >= 0.6 is 0 Å². The van der Waals surface area contributed by atoms with Crippen molar-refractivity contribution in [2.45, 2.75) is 45.6 Å².